The first-order chi connectivity index (χ1) is 11.6. The Hall–Kier alpha value is -1.99. The van der Waals surface area contributed by atoms with Crippen molar-refractivity contribution >= 4 is 27.3 Å². The second kappa shape index (κ2) is 7.27. The number of nitro groups is 1. The van der Waals surface area contributed by atoms with E-state index in [1.807, 2.05) is 18.3 Å². The van der Waals surface area contributed by atoms with Gasteiger partial charge in [-0.3, -0.25) is 20.0 Å². The van der Waals surface area contributed by atoms with Crippen LogP contribution in [0, 0.1) is 10.1 Å². The number of nitro benzene ring substituents is 1. The third-order valence-corrected chi connectivity index (χ3v) is 5.00. The molecule has 0 N–H and O–H groups in total. The third kappa shape index (κ3) is 3.57. The number of rotatable bonds is 4. The highest BCUT2D eigenvalue weighted by atomic mass is 79.9. The highest BCUT2D eigenvalue weighted by molar-refractivity contribution is 9.10. The number of aromatic nitrogens is 1. The van der Waals surface area contributed by atoms with E-state index in [-0.39, 0.29) is 10.6 Å². The predicted molar refractivity (Wildman–Crippen MR) is 97.2 cm³/mol. The summed E-state index contributed by atoms with van der Waals surface area (Å²) in [6, 6.07) is 9.43. The van der Waals surface area contributed by atoms with Gasteiger partial charge in [0.1, 0.15) is 5.69 Å². The summed E-state index contributed by atoms with van der Waals surface area (Å²) < 4.78 is 0.856. The van der Waals surface area contributed by atoms with Crippen LogP contribution in [0.25, 0.3) is 0 Å². The van der Waals surface area contributed by atoms with E-state index in [1.54, 1.807) is 18.3 Å². The number of piperazine rings is 1. The molecule has 1 atom stereocenters. The number of anilines is 1. The molecule has 1 aromatic carbocycles. The van der Waals surface area contributed by atoms with Gasteiger partial charge in [-0.15, -0.1) is 0 Å². The molecule has 3 rings (SSSR count). The largest absolute Gasteiger partial charge is 0.363 e. The van der Waals surface area contributed by atoms with Gasteiger partial charge in [0, 0.05) is 55.2 Å². The molecule has 0 aliphatic carbocycles. The lowest BCUT2D eigenvalue weighted by atomic mass is 10.1. The molecule has 1 aliphatic heterocycles. The Labute approximate surface area is 149 Å². The Bertz CT molecular complexity index is 718. The number of benzene rings is 1. The SMILES string of the molecule is CC(c1cccnc1)N1CCN(c2cc(Br)ccc2[N+](=O)[O-])CC1. The molecule has 0 spiro atoms. The first-order valence-corrected chi connectivity index (χ1v) is 8.68. The molecule has 1 aromatic heterocycles. The zero-order chi connectivity index (χ0) is 17.1. The van der Waals surface area contributed by atoms with Crippen molar-refractivity contribution in [2.75, 3.05) is 31.1 Å². The van der Waals surface area contributed by atoms with Crippen molar-refractivity contribution in [2.24, 2.45) is 0 Å². The fourth-order valence-corrected chi connectivity index (χ4v) is 3.44. The first-order valence-electron chi connectivity index (χ1n) is 7.89. The molecule has 7 heteroatoms. The lowest BCUT2D eigenvalue weighted by molar-refractivity contribution is -0.384. The summed E-state index contributed by atoms with van der Waals surface area (Å²) in [5, 5.41) is 11.3. The van der Waals surface area contributed by atoms with Gasteiger partial charge in [-0.1, -0.05) is 22.0 Å². The molecule has 1 saturated heterocycles. The van der Waals surface area contributed by atoms with E-state index in [1.165, 1.54) is 5.56 Å². The normalized spacial score (nSPS) is 16.8. The smallest absolute Gasteiger partial charge is 0.292 e. The standard InChI is InChI=1S/C17H19BrN4O2/c1-13(14-3-2-6-19-12-14)20-7-9-21(10-8-20)17-11-15(18)4-5-16(17)22(23)24/h2-6,11-13H,7-10H2,1H3. The minimum Gasteiger partial charge on any atom is -0.363 e. The lowest BCUT2D eigenvalue weighted by Crippen LogP contribution is -2.47. The summed E-state index contributed by atoms with van der Waals surface area (Å²) in [6.45, 7) is 5.43. The van der Waals surface area contributed by atoms with Crippen LogP contribution in [0.5, 0.6) is 0 Å². The van der Waals surface area contributed by atoms with Crippen molar-refractivity contribution in [3.63, 3.8) is 0 Å². The van der Waals surface area contributed by atoms with Gasteiger partial charge in [0.25, 0.3) is 5.69 Å². The van der Waals surface area contributed by atoms with E-state index in [2.05, 4.69) is 43.7 Å². The molecular formula is C17H19BrN4O2. The Balaban J connectivity index is 1.72. The van der Waals surface area contributed by atoms with Crippen LogP contribution in [0.4, 0.5) is 11.4 Å². The maximum atomic E-state index is 11.3. The number of nitrogens with zero attached hydrogens (tertiary/aromatic N) is 4. The van der Waals surface area contributed by atoms with Gasteiger partial charge >= 0.3 is 0 Å². The topological polar surface area (TPSA) is 62.5 Å². The average molecular weight is 391 g/mol. The van der Waals surface area contributed by atoms with Crippen molar-refractivity contribution in [1.82, 2.24) is 9.88 Å². The minimum atomic E-state index is -0.313. The molecule has 126 valence electrons. The average Bonchev–Trinajstić information content (AvgIpc) is 2.61. The second-order valence-electron chi connectivity index (χ2n) is 5.88. The molecule has 1 fully saturated rings. The summed E-state index contributed by atoms with van der Waals surface area (Å²) >= 11 is 3.41. The number of hydrogen-bond acceptors (Lipinski definition) is 5. The summed E-state index contributed by atoms with van der Waals surface area (Å²) in [7, 11) is 0. The molecule has 2 heterocycles. The maximum absolute atomic E-state index is 11.3. The van der Waals surface area contributed by atoms with Crippen molar-refractivity contribution < 1.29 is 4.92 Å². The van der Waals surface area contributed by atoms with Crippen LogP contribution in [0.15, 0.2) is 47.2 Å². The van der Waals surface area contributed by atoms with Gasteiger partial charge in [-0.05, 0) is 30.7 Å². The monoisotopic (exact) mass is 390 g/mol. The van der Waals surface area contributed by atoms with E-state index < -0.39 is 0 Å². The van der Waals surface area contributed by atoms with E-state index in [4.69, 9.17) is 0 Å². The molecular weight excluding hydrogens is 372 g/mol. The summed E-state index contributed by atoms with van der Waals surface area (Å²) in [5.74, 6) is 0. The van der Waals surface area contributed by atoms with E-state index in [0.29, 0.717) is 11.7 Å². The highest BCUT2D eigenvalue weighted by Crippen LogP contribution is 2.32. The maximum Gasteiger partial charge on any atom is 0.292 e. The molecule has 1 aliphatic rings. The van der Waals surface area contributed by atoms with Gasteiger partial charge in [0.15, 0.2) is 0 Å². The van der Waals surface area contributed by atoms with Crippen molar-refractivity contribution in [3.05, 3.63) is 62.9 Å². The predicted octanol–water partition coefficient (Wildman–Crippen LogP) is 3.64. The summed E-state index contributed by atoms with van der Waals surface area (Å²) in [6.07, 6.45) is 3.68. The highest BCUT2D eigenvalue weighted by Gasteiger charge is 2.26. The second-order valence-corrected chi connectivity index (χ2v) is 6.79. The van der Waals surface area contributed by atoms with Crippen LogP contribution in [-0.2, 0) is 0 Å². The van der Waals surface area contributed by atoms with Gasteiger partial charge in [0.2, 0.25) is 0 Å². The van der Waals surface area contributed by atoms with Crippen LogP contribution in [0.1, 0.15) is 18.5 Å². The fraction of sp³-hybridized carbons (Fsp3) is 0.353. The summed E-state index contributed by atoms with van der Waals surface area (Å²) in [4.78, 5) is 19.6. The third-order valence-electron chi connectivity index (χ3n) is 4.50. The molecule has 2 aromatic rings. The zero-order valence-corrected chi connectivity index (χ0v) is 15.0. The molecule has 6 nitrogen and oxygen atoms in total. The van der Waals surface area contributed by atoms with Crippen molar-refractivity contribution in [2.45, 2.75) is 13.0 Å². The molecule has 0 bridgehead atoms. The lowest BCUT2D eigenvalue weighted by Gasteiger charge is -2.39. The Morgan fingerprint density at radius 3 is 2.62 bits per heavy atom. The van der Waals surface area contributed by atoms with Gasteiger partial charge in [-0.2, -0.15) is 0 Å². The van der Waals surface area contributed by atoms with Crippen molar-refractivity contribution in [3.8, 4) is 0 Å². The van der Waals surface area contributed by atoms with Gasteiger partial charge in [-0.25, -0.2) is 0 Å². The zero-order valence-electron chi connectivity index (χ0n) is 13.4. The Morgan fingerprint density at radius 2 is 2.00 bits per heavy atom. The van der Waals surface area contributed by atoms with Gasteiger partial charge in [0.05, 0.1) is 4.92 Å². The molecule has 0 amide bonds. The van der Waals surface area contributed by atoms with Gasteiger partial charge < -0.3 is 4.90 Å². The van der Waals surface area contributed by atoms with Crippen LogP contribution >= 0.6 is 15.9 Å². The fourth-order valence-electron chi connectivity index (χ4n) is 3.09. The van der Waals surface area contributed by atoms with Crippen LogP contribution in [-0.4, -0.2) is 41.0 Å². The number of hydrogen-bond donors (Lipinski definition) is 0. The quantitative estimate of drug-likeness (QED) is 0.588. The number of halogens is 1. The van der Waals surface area contributed by atoms with E-state index >= 15 is 0 Å². The molecule has 24 heavy (non-hydrogen) atoms. The van der Waals surface area contributed by atoms with Crippen LogP contribution in [0.2, 0.25) is 0 Å². The molecule has 0 radical (unpaired) electrons. The Morgan fingerprint density at radius 1 is 1.25 bits per heavy atom. The van der Waals surface area contributed by atoms with E-state index in [0.717, 1.165) is 30.7 Å². The Kier molecular flexibility index (Phi) is 5.11. The first kappa shape index (κ1) is 16.9. The van der Waals surface area contributed by atoms with Crippen LogP contribution < -0.4 is 4.90 Å². The number of pyridine rings is 1. The summed E-state index contributed by atoms with van der Waals surface area (Å²) in [5.41, 5.74) is 2.04. The molecule has 0 saturated carbocycles. The van der Waals surface area contributed by atoms with E-state index in [9.17, 15) is 10.1 Å². The van der Waals surface area contributed by atoms with Crippen LogP contribution in [0.3, 0.4) is 0 Å². The molecule has 1 unspecified atom stereocenters. The van der Waals surface area contributed by atoms with Crippen molar-refractivity contribution in [1.29, 1.82) is 0 Å². The minimum absolute atomic E-state index is 0.159.